The van der Waals surface area contributed by atoms with Gasteiger partial charge in [-0.1, -0.05) is 13.8 Å². The fourth-order valence-corrected chi connectivity index (χ4v) is 4.54. The monoisotopic (exact) mass is 330 g/mol. The van der Waals surface area contributed by atoms with Gasteiger partial charge in [0.2, 0.25) is 0 Å². The Kier molecular flexibility index (Phi) is 4.32. The van der Waals surface area contributed by atoms with Crippen LogP contribution in [-0.2, 0) is 14.3 Å². The maximum atomic E-state index is 12.5. The van der Waals surface area contributed by atoms with Gasteiger partial charge in [0.25, 0.3) is 0 Å². The summed E-state index contributed by atoms with van der Waals surface area (Å²) in [5.41, 5.74) is -0.755. The lowest BCUT2D eigenvalue weighted by atomic mass is 9.69. The predicted octanol–water partition coefficient (Wildman–Crippen LogP) is -0.802. The topological polar surface area (TPSA) is 116 Å². The molecule has 132 valence electrons. The second-order valence-corrected chi connectivity index (χ2v) is 7.67. The number of ether oxygens (including phenoxy) is 2. The number of Topliss-reactive ketones (excluding diaryl/α,β-unsaturated/α-hetero) is 1. The molecule has 2 aliphatic carbocycles. The molecule has 3 rings (SSSR count). The van der Waals surface area contributed by atoms with Gasteiger partial charge in [-0.05, 0) is 24.2 Å². The lowest BCUT2D eigenvalue weighted by molar-refractivity contribution is -0.306. The summed E-state index contributed by atoms with van der Waals surface area (Å²) < 4.78 is 11.0. The molecular weight excluding hydrogens is 304 g/mol. The average Bonchev–Trinajstić information content (AvgIpc) is 2.86. The highest BCUT2D eigenvalue weighted by Crippen LogP contribution is 2.63. The number of carbonyl (C=O) groups is 1. The molecule has 7 heteroatoms. The van der Waals surface area contributed by atoms with E-state index in [0.29, 0.717) is 12.3 Å². The molecule has 2 bridgehead atoms. The van der Waals surface area contributed by atoms with Crippen LogP contribution < -0.4 is 0 Å². The number of aliphatic hydroxyl groups is 4. The van der Waals surface area contributed by atoms with E-state index in [-0.39, 0.29) is 17.8 Å². The molecule has 7 nitrogen and oxygen atoms in total. The number of hydrogen-bond donors (Lipinski definition) is 4. The number of fused-ring (bicyclic) bond motifs is 2. The van der Waals surface area contributed by atoms with E-state index in [1.54, 1.807) is 0 Å². The normalized spacial score (nSPS) is 48.9. The van der Waals surface area contributed by atoms with E-state index in [0.717, 1.165) is 12.8 Å². The first-order chi connectivity index (χ1) is 10.7. The van der Waals surface area contributed by atoms with Gasteiger partial charge in [0.1, 0.15) is 30.2 Å². The molecule has 3 aliphatic rings. The van der Waals surface area contributed by atoms with Crippen molar-refractivity contribution in [3.8, 4) is 0 Å². The summed E-state index contributed by atoms with van der Waals surface area (Å²) in [5, 5.41) is 38.8. The predicted molar refractivity (Wildman–Crippen MR) is 78.3 cm³/mol. The minimum absolute atomic E-state index is 0.109. The molecule has 4 N–H and O–H groups in total. The van der Waals surface area contributed by atoms with Crippen LogP contribution in [-0.4, -0.2) is 70.1 Å². The average molecular weight is 330 g/mol. The van der Waals surface area contributed by atoms with Crippen LogP contribution in [0.2, 0.25) is 0 Å². The Bertz CT molecular complexity index is 477. The van der Waals surface area contributed by atoms with Gasteiger partial charge in [-0.15, -0.1) is 0 Å². The standard InChI is InChI=1S/C16H26O7/c1-15(2)8-3-4-16(15,10(18)5-8)7-22-14-13(21)12(20)11(19)9(6-17)23-14/h8-9,11-14,17,19-21H,3-7H2,1-2H3/t8?,9-,11+,12+,13-,14-,16?/m1/s1. The molecule has 3 fully saturated rings. The number of carbonyl (C=O) groups excluding carboxylic acids is 1. The van der Waals surface area contributed by atoms with Gasteiger partial charge in [-0.3, -0.25) is 4.79 Å². The molecule has 2 saturated carbocycles. The van der Waals surface area contributed by atoms with E-state index >= 15 is 0 Å². The second-order valence-electron chi connectivity index (χ2n) is 7.67. The molecule has 0 aromatic carbocycles. The smallest absolute Gasteiger partial charge is 0.186 e. The Morgan fingerprint density at radius 2 is 1.91 bits per heavy atom. The van der Waals surface area contributed by atoms with E-state index in [2.05, 4.69) is 13.8 Å². The molecular formula is C16H26O7. The van der Waals surface area contributed by atoms with Gasteiger partial charge in [0.15, 0.2) is 6.29 Å². The summed E-state index contributed by atoms with van der Waals surface area (Å²) in [6, 6.07) is 0. The number of rotatable bonds is 4. The molecule has 7 atom stereocenters. The van der Waals surface area contributed by atoms with Gasteiger partial charge in [-0.2, -0.15) is 0 Å². The minimum atomic E-state index is -1.47. The van der Waals surface area contributed by atoms with Crippen molar-refractivity contribution in [1.82, 2.24) is 0 Å². The molecule has 23 heavy (non-hydrogen) atoms. The Labute approximate surface area is 135 Å². The third-order valence-corrected chi connectivity index (χ3v) is 6.48. The van der Waals surface area contributed by atoms with Crippen LogP contribution in [0.15, 0.2) is 0 Å². The minimum Gasteiger partial charge on any atom is -0.394 e. The van der Waals surface area contributed by atoms with Crippen LogP contribution in [0.25, 0.3) is 0 Å². The fourth-order valence-electron chi connectivity index (χ4n) is 4.54. The van der Waals surface area contributed by atoms with Gasteiger partial charge in [0.05, 0.1) is 18.6 Å². The zero-order valence-corrected chi connectivity index (χ0v) is 13.5. The molecule has 2 unspecified atom stereocenters. The molecule has 0 spiro atoms. The maximum absolute atomic E-state index is 12.5. The van der Waals surface area contributed by atoms with Crippen molar-refractivity contribution in [3.05, 3.63) is 0 Å². The van der Waals surface area contributed by atoms with E-state index in [9.17, 15) is 25.2 Å². The highest BCUT2D eigenvalue weighted by atomic mass is 16.7. The maximum Gasteiger partial charge on any atom is 0.186 e. The number of hydrogen-bond acceptors (Lipinski definition) is 7. The summed E-state index contributed by atoms with van der Waals surface area (Å²) in [6.07, 6.45) is -4.19. The van der Waals surface area contributed by atoms with Gasteiger partial charge in [0, 0.05) is 6.42 Å². The highest BCUT2D eigenvalue weighted by Gasteiger charge is 2.64. The van der Waals surface area contributed by atoms with Crippen molar-refractivity contribution in [2.75, 3.05) is 13.2 Å². The summed E-state index contributed by atoms with van der Waals surface area (Å²) in [7, 11) is 0. The van der Waals surface area contributed by atoms with E-state index in [1.807, 2.05) is 0 Å². The molecule has 0 aromatic rings. The van der Waals surface area contributed by atoms with Crippen molar-refractivity contribution >= 4 is 5.78 Å². The zero-order valence-electron chi connectivity index (χ0n) is 13.5. The van der Waals surface area contributed by atoms with Crippen LogP contribution in [0.1, 0.15) is 33.1 Å². The first-order valence-corrected chi connectivity index (χ1v) is 8.20. The number of aliphatic hydroxyl groups excluding tert-OH is 4. The van der Waals surface area contributed by atoms with Crippen LogP contribution in [0.3, 0.4) is 0 Å². The van der Waals surface area contributed by atoms with Crippen LogP contribution in [0, 0.1) is 16.7 Å². The van der Waals surface area contributed by atoms with E-state index < -0.39 is 42.7 Å². The molecule has 0 amide bonds. The van der Waals surface area contributed by atoms with Crippen molar-refractivity contribution in [3.63, 3.8) is 0 Å². The lowest BCUT2D eigenvalue weighted by Gasteiger charge is -2.42. The summed E-state index contributed by atoms with van der Waals surface area (Å²) in [6.45, 7) is 3.76. The fraction of sp³-hybridized carbons (Fsp3) is 0.938. The molecule has 1 saturated heterocycles. The van der Waals surface area contributed by atoms with Gasteiger partial charge >= 0.3 is 0 Å². The summed E-state index contributed by atoms with van der Waals surface area (Å²) >= 11 is 0. The first-order valence-electron chi connectivity index (χ1n) is 8.20. The van der Waals surface area contributed by atoms with Crippen molar-refractivity contribution in [2.24, 2.45) is 16.7 Å². The summed E-state index contributed by atoms with van der Waals surface area (Å²) in [4.78, 5) is 12.5. The Hall–Kier alpha value is -0.570. The molecule has 0 aromatic heterocycles. The van der Waals surface area contributed by atoms with E-state index in [1.165, 1.54) is 0 Å². The molecule has 1 heterocycles. The Balaban J connectivity index is 1.71. The second kappa shape index (κ2) is 5.75. The molecule has 1 aliphatic heterocycles. The molecule has 0 radical (unpaired) electrons. The van der Waals surface area contributed by atoms with Gasteiger partial charge in [-0.25, -0.2) is 0 Å². The largest absolute Gasteiger partial charge is 0.394 e. The number of ketones is 1. The summed E-state index contributed by atoms with van der Waals surface area (Å²) in [5.74, 6) is 0.539. The third kappa shape index (κ3) is 2.37. The third-order valence-electron chi connectivity index (χ3n) is 6.48. The van der Waals surface area contributed by atoms with Crippen molar-refractivity contribution in [2.45, 2.75) is 63.8 Å². The van der Waals surface area contributed by atoms with Crippen LogP contribution in [0.4, 0.5) is 0 Å². The highest BCUT2D eigenvalue weighted by molar-refractivity contribution is 5.89. The van der Waals surface area contributed by atoms with Crippen LogP contribution >= 0.6 is 0 Å². The van der Waals surface area contributed by atoms with Gasteiger partial charge < -0.3 is 29.9 Å². The zero-order chi connectivity index (χ0) is 17.0. The van der Waals surface area contributed by atoms with Crippen LogP contribution in [0.5, 0.6) is 0 Å². The van der Waals surface area contributed by atoms with Crippen molar-refractivity contribution < 1.29 is 34.7 Å². The Morgan fingerprint density at radius 1 is 1.22 bits per heavy atom. The quantitative estimate of drug-likeness (QED) is 0.533. The first kappa shape index (κ1) is 17.3. The lowest BCUT2D eigenvalue weighted by Crippen LogP contribution is -2.59. The van der Waals surface area contributed by atoms with Crippen molar-refractivity contribution in [1.29, 1.82) is 0 Å². The van der Waals surface area contributed by atoms with E-state index in [4.69, 9.17) is 9.47 Å². The Morgan fingerprint density at radius 3 is 2.43 bits per heavy atom. The SMILES string of the molecule is CC1(C)C2CCC1(CO[C@@H]1O[C@H](CO)[C@H](O)[C@H](O)[C@H]1O)C(=O)C2.